The van der Waals surface area contributed by atoms with E-state index < -0.39 is 0 Å². The number of amidine groups is 1. The number of nitrogens with zero attached hydrogens (tertiary/aromatic N) is 1. The highest BCUT2D eigenvalue weighted by Crippen LogP contribution is 2.30. The molecule has 4 N–H and O–H groups in total. The van der Waals surface area contributed by atoms with E-state index in [1.54, 1.807) is 0 Å². The lowest BCUT2D eigenvalue weighted by molar-refractivity contribution is 0.316. The van der Waals surface area contributed by atoms with E-state index >= 15 is 0 Å². The normalized spacial score (nSPS) is 13.4. The lowest BCUT2D eigenvalue weighted by Gasteiger charge is -2.19. The summed E-state index contributed by atoms with van der Waals surface area (Å²) < 4.78 is 0.947. The topological polar surface area (TPSA) is 70.6 Å². The highest BCUT2D eigenvalue weighted by atomic mass is 79.9. The number of oxime groups is 1. The second-order valence-corrected chi connectivity index (χ2v) is 5.39. The van der Waals surface area contributed by atoms with Crippen molar-refractivity contribution in [3.63, 3.8) is 0 Å². The smallest absolute Gasteiger partial charge is 0.141 e. The van der Waals surface area contributed by atoms with Gasteiger partial charge in [-0.3, -0.25) is 0 Å². The average Bonchev–Trinajstić information content (AvgIpc) is 2.34. The molecule has 0 heterocycles. The molecule has 0 bridgehead atoms. The van der Waals surface area contributed by atoms with Crippen LogP contribution in [-0.4, -0.2) is 17.1 Å². The standard InChI is InChI=1S/C12H17BrClN3O/c1-3-8(5-12(15)17-18)16-11-6-10(14)7(2)4-9(11)13/h4,6,8,16,18H,3,5H2,1-2H3,(H2,15,17). The fourth-order valence-corrected chi connectivity index (χ4v) is 2.30. The number of anilines is 1. The van der Waals surface area contributed by atoms with Gasteiger partial charge in [0.15, 0.2) is 0 Å². The Morgan fingerprint density at radius 2 is 2.28 bits per heavy atom. The molecule has 4 nitrogen and oxygen atoms in total. The molecule has 1 atom stereocenters. The van der Waals surface area contributed by atoms with Crippen LogP contribution in [-0.2, 0) is 0 Å². The zero-order valence-corrected chi connectivity index (χ0v) is 12.7. The Morgan fingerprint density at radius 1 is 1.61 bits per heavy atom. The van der Waals surface area contributed by atoms with Crippen molar-refractivity contribution in [3.05, 3.63) is 27.2 Å². The molecule has 0 fully saturated rings. The molecular formula is C12H17BrClN3O. The molecule has 1 aromatic carbocycles. The lowest BCUT2D eigenvalue weighted by atomic mass is 10.1. The third-order valence-corrected chi connectivity index (χ3v) is 3.75. The van der Waals surface area contributed by atoms with Crippen molar-refractivity contribution in [2.45, 2.75) is 32.7 Å². The van der Waals surface area contributed by atoms with Crippen molar-refractivity contribution in [1.82, 2.24) is 0 Å². The number of nitrogens with two attached hydrogens (primary N) is 1. The number of hydrogen-bond acceptors (Lipinski definition) is 3. The van der Waals surface area contributed by atoms with E-state index in [1.807, 2.05) is 26.0 Å². The largest absolute Gasteiger partial charge is 0.409 e. The summed E-state index contributed by atoms with van der Waals surface area (Å²) in [6, 6.07) is 3.92. The Balaban J connectivity index is 2.85. The molecule has 0 amide bonds. The fraction of sp³-hybridized carbons (Fsp3) is 0.417. The predicted octanol–water partition coefficient (Wildman–Crippen LogP) is 3.74. The van der Waals surface area contributed by atoms with Crippen LogP contribution in [0.2, 0.25) is 5.02 Å². The van der Waals surface area contributed by atoms with Gasteiger partial charge in [-0.1, -0.05) is 23.7 Å². The zero-order valence-electron chi connectivity index (χ0n) is 10.4. The van der Waals surface area contributed by atoms with Crippen molar-refractivity contribution in [2.75, 3.05) is 5.32 Å². The van der Waals surface area contributed by atoms with Crippen LogP contribution in [0.3, 0.4) is 0 Å². The minimum Gasteiger partial charge on any atom is -0.409 e. The van der Waals surface area contributed by atoms with Gasteiger partial charge in [-0.2, -0.15) is 0 Å². The summed E-state index contributed by atoms with van der Waals surface area (Å²) in [6.07, 6.45) is 1.33. The average molecular weight is 335 g/mol. The molecule has 100 valence electrons. The van der Waals surface area contributed by atoms with Gasteiger partial charge in [0.25, 0.3) is 0 Å². The number of hydrogen-bond donors (Lipinski definition) is 3. The van der Waals surface area contributed by atoms with Crippen LogP contribution in [0.25, 0.3) is 0 Å². The third kappa shape index (κ3) is 4.07. The van der Waals surface area contributed by atoms with Gasteiger partial charge < -0.3 is 16.3 Å². The van der Waals surface area contributed by atoms with Crippen molar-refractivity contribution in [1.29, 1.82) is 0 Å². The van der Waals surface area contributed by atoms with Gasteiger partial charge in [-0.15, -0.1) is 0 Å². The Hall–Kier alpha value is -0.940. The van der Waals surface area contributed by atoms with E-state index in [4.69, 9.17) is 22.5 Å². The van der Waals surface area contributed by atoms with E-state index in [0.717, 1.165) is 22.1 Å². The van der Waals surface area contributed by atoms with Gasteiger partial charge in [-0.05, 0) is 47.0 Å². The van der Waals surface area contributed by atoms with Crippen LogP contribution in [0, 0.1) is 6.92 Å². The molecule has 0 aliphatic carbocycles. The molecule has 1 rings (SSSR count). The molecule has 1 unspecified atom stereocenters. The highest BCUT2D eigenvalue weighted by Gasteiger charge is 2.12. The van der Waals surface area contributed by atoms with Crippen LogP contribution >= 0.6 is 27.5 Å². The van der Waals surface area contributed by atoms with Gasteiger partial charge >= 0.3 is 0 Å². The van der Waals surface area contributed by atoms with Crippen LogP contribution < -0.4 is 11.1 Å². The molecular weight excluding hydrogens is 318 g/mol. The molecule has 0 aromatic heterocycles. The van der Waals surface area contributed by atoms with Crippen molar-refractivity contribution < 1.29 is 5.21 Å². The number of nitrogens with one attached hydrogen (secondary N) is 1. The number of benzene rings is 1. The Labute approximate surface area is 120 Å². The summed E-state index contributed by atoms with van der Waals surface area (Å²) in [7, 11) is 0. The first-order valence-corrected chi connectivity index (χ1v) is 6.83. The minimum atomic E-state index is 0.0935. The monoisotopic (exact) mass is 333 g/mol. The fourth-order valence-electron chi connectivity index (χ4n) is 1.57. The first-order valence-electron chi connectivity index (χ1n) is 5.66. The molecule has 0 aliphatic heterocycles. The second-order valence-electron chi connectivity index (χ2n) is 4.13. The molecule has 0 saturated heterocycles. The van der Waals surface area contributed by atoms with Gasteiger partial charge in [0.05, 0.1) is 5.69 Å². The Kier molecular flexibility index (Phi) is 5.75. The van der Waals surface area contributed by atoms with Crippen LogP contribution in [0.15, 0.2) is 21.8 Å². The molecule has 0 aliphatic rings. The van der Waals surface area contributed by atoms with Gasteiger partial charge in [0.1, 0.15) is 5.84 Å². The summed E-state index contributed by atoms with van der Waals surface area (Å²) in [4.78, 5) is 0. The highest BCUT2D eigenvalue weighted by molar-refractivity contribution is 9.10. The summed E-state index contributed by atoms with van der Waals surface area (Å²) in [5, 5.41) is 15.6. The zero-order chi connectivity index (χ0) is 13.7. The number of rotatable bonds is 5. The van der Waals surface area contributed by atoms with Crippen molar-refractivity contribution in [2.24, 2.45) is 10.9 Å². The van der Waals surface area contributed by atoms with Gasteiger partial charge in [0.2, 0.25) is 0 Å². The number of halogens is 2. The first kappa shape index (κ1) is 15.1. The molecule has 6 heteroatoms. The number of aryl methyl sites for hydroxylation is 1. The molecule has 0 spiro atoms. The molecule has 0 saturated carbocycles. The quantitative estimate of drug-likeness (QED) is 0.332. The van der Waals surface area contributed by atoms with Crippen molar-refractivity contribution in [3.8, 4) is 0 Å². The molecule has 0 radical (unpaired) electrons. The van der Waals surface area contributed by atoms with E-state index in [2.05, 4.69) is 26.4 Å². The van der Waals surface area contributed by atoms with Crippen LogP contribution in [0.4, 0.5) is 5.69 Å². The Morgan fingerprint density at radius 3 is 2.83 bits per heavy atom. The molecule has 1 aromatic rings. The summed E-state index contributed by atoms with van der Waals surface area (Å²) in [5.74, 6) is 0.212. The van der Waals surface area contributed by atoms with Crippen LogP contribution in [0.1, 0.15) is 25.3 Å². The van der Waals surface area contributed by atoms with E-state index in [9.17, 15) is 0 Å². The first-order chi connectivity index (χ1) is 8.47. The Bertz CT molecular complexity index is 451. The van der Waals surface area contributed by atoms with E-state index in [1.165, 1.54) is 0 Å². The summed E-state index contributed by atoms with van der Waals surface area (Å²) >= 11 is 9.59. The summed E-state index contributed by atoms with van der Waals surface area (Å²) in [5.41, 5.74) is 7.44. The second kappa shape index (κ2) is 6.85. The maximum Gasteiger partial charge on any atom is 0.141 e. The maximum absolute atomic E-state index is 8.59. The summed E-state index contributed by atoms with van der Waals surface area (Å²) in [6.45, 7) is 3.98. The third-order valence-electron chi connectivity index (χ3n) is 2.68. The van der Waals surface area contributed by atoms with E-state index in [0.29, 0.717) is 11.4 Å². The van der Waals surface area contributed by atoms with E-state index in [-0.39, 0.29) is 11.9 Å². The van der Waals surface area contributed by atoms with Gasteiger partial charge in [-0.25, -0.2) is 0 Å². The SMILES string of the molecule is CCC(C/C(N)=N/O)Nc1cc(Cl)c(C)cc1Br. The predicted molar refractivity (Wildman–Crippen MR) is 79.6 cm³/mol. The lowest BCUT2D eigenvalue weighted by Crippen LogP contribution is -2.26. The van der Waals surface area contributed by atoms with Gasteiger partial charge in [0, 0.05) is 22.0 Å². The minimum absolute atomic E-state index is 0.0935. The van der Waals surface area contributed by atoms with Crippen LogP contribution in [0.5, 0.6) is 0 Å². The molecule has 18 heavy (non-hydrogen) atoms. The van der Waals surface area contributed by atoms with Crippen molar-refractivity contribution >= 4 is 39.1 Å². The maximum atomic E-state index is 8.59.